The molecule has 0 saturated heterocycles. The van der Waals surface area contributed by atoms with Crippen molar-refractivity contribution in [1.82, 2.24) is 4.98 Å². The number of anilines is 1. The highest BCUT2D eigenvalue weighted by Gasteiger charge is 1.88. The van der Waals surface area contributed by atoms with Gasteiger partial charge in [0.25, 0.3) is 0 Å². The van der Waals surface area contributed by atoms with Crippen LogP contribution < -0.4 is 5.32 Å². The Balaban J connectivity index is 2.30. The molecule has 1 heterocycles. The van der Waals surface area contributed by atoms with Crippen molar-refractivity contribution in [2.24, 2.45) is 0 Å². The Kier molecular flexibility index (Phi) is 2.48. The minimum atomic E-state index is 0.152. The molecule has 2 N–H and O–H groups in total. The molecule has 50 valence electrons. The largest absolute Gasteiger partial charge is 0.395 e. The Morgan fingerprint density at radius 3 is 3.22 bits per heavy atom. The fraction of sp³-hybridized carbons (Fsp3) is 0.400. The second-order valence-corrected chi connectivity index (χ2v) is 2.38. The first-order valence-corrected chi connectivity index (χ1v) is 3.55. The predicted molar refractivity (Wildman–Crippen MR) is 37.7 cm³/mol. The lowest BCUT2D eigenvalue weighted by Crippen LogP contribution is -2.04. The van der Waals surface area contributed by atoms with E-state index in [-0.39, 0.29) is 6.61 Å². The van der Waals surface area contributed by atoms with Crippen LogP contribution in [0.4, 0.5) is 5.13 Å². The molecule has 1 aromatic heterocycles. The zero-order chi connectivity index (χ0) is 6.53. The summed E-state index contributed by atoms with van der Waals surface area (Å²) in [6.45, 7) is 0.729. The number of aromatic nitrogens is 1. The van der Waals surface area contributed by atoms with Crippen molar-refractivity contribution in [3.63, 3.8) is 0 Å². The molecule has 1 aromatic rings. The maximum absolute atomic E-state index is 8.38. The molecule has 0 saturated carbocycles. The van der Waals surface area contributed by atoms with Crippen molar-refractivity contribution >= 4 is 16.5 Å². The van der Waals surface area contributed by atoms with Crippen LogP contribution in [0.5, 0.6) is 0 Å². The zero-order valence-corrected chi connectivity index (χ0v) is 5.69. The summed E-state index contributed by atoms with van der Waals surface area (Å²) < 4.78 is 0. The van der Waals surface area contributed by atoms with Gasteiger partial charge in [-0.1, -0.05) is 0 Å². The summed E-state index contributed by atoms with van der Waals surface area (Å²) in [4.78, 5) is 3.95. The lowest BCUT2D eigenvalue weighted by molar-refractivity contribution is 0.311. The molecule has 1 rings (SSSR count). The molecule has 0 aromatic carbocycles. The summed E-state index contributed by atoms with van der Waals surface area (Å²) in [5.74, 6) is 0. The van der Waals surface area contributed by atoms with Crippen molar-refractivity contribution < 1.29 is 5.11 Å². The number of aliphatic hydroxyl groups excluding tert-OH is 1. The molecule has 0 amide bonds. The van der Waals surface area contributed by atoms with Crippen molar-refractivity contribution in [3.8, 4) is 0 Å². The Hall–Kier alpha value is -0.610. The lowest BCUT2D eigenvalue weighted by Gasteiger charge is -1.95. The predicted octanol–water partition coefficient (Wildman–Crippen LogP) is 0.547. The van der Waals surface area contributed by atoms with E-state index in [4.69, 9.17) is 5.11 Å². The Morgan fingerprint density at radius 1 is 1.78 bits per heavy atom. The standard InChI is InChI=1S/C5H8N2OS/c8-3-1-6-5-7-2-4-9-5/h2,4,8H,1,3H2,(H,6,7). The van der Waals surface area contributed by atoms with Crippen LogP contribution in [0.1, 0.15) is 0 Å². The fourth-order valence-electron chi connectivity index (χ4n) is 0.474. The van der Waals surface area contributed by atoms with E-state index in [0.717, 1.165) is 5.13 Å². The van der Waals surface area contributed by atoms with Crippen molar-refractivity contribution in [2.75, 3.05) is 18.5 Å². The van der Waals surface area contributed by atoms with E-state index in [2.05, 4.69) is 10.3 Å². The van der Waals surface area contributed by atoms with E-state index in [1.165, 1.54) is 11.3 Å². The maximum atomic E-state index is 8.38. The molecule has 0 bridgehead atoms. The summed E-state index contributed by atoms with van der Waals surface area (Å²) in [5, 5.41) is 14.1. The highest BCUT2D eigenvalue weighted by Crippen LogP contribution is 2.08. The number of nitrogens with zero attached hydrogens (tertiary/aromatic N) is 1. The quantitative estimate of drug-likeness (QED) is 0.651. The first-order valence-electron chi connectivity index (χ1n) is 2.67. The third-order valence-corrected chi connectivity index (χ3v) is 1.55. The van der Waals surface area contributed by atoms with E-state index >= 15 is 0 Å². The van der Waals surface area contributed by atoms with Crippen LogP contribution >= 0.6 is 11.3 Å². The van der Waals surface area contributed by atoms with Gasteiger partial charge < -0.3 is 10.4 Å². The number of hydrogen-bond acceptors (Lipinski definition) is 4. The molecule has 0 aliphatic heterocycles. The van der Waals surface area contributed by atoms with Crippen LogP contribution in [0.3, 0.4) is 0 Å². The zero-order valence-electron chi connectivity index (χ0n) is 4.87. The number of thiazole rings is 1. The highest BCUT2D eigenvalue weighted by molar-refractivity contribution is 7.13. The number of rotatable bonds is 3. The van der Waals surface area contributed by atoms with Gasteiger partial charge in [-0.15, -0.1) is 11.3 Å². The molecule has 0 radical (unpaired) electrons. The molecule has 0 unspecified atom stereocenters. The topological polar surface area (TPSA) is 45.1 Å². The normalized spacial score (nSPS) is 9.44. The third-order valence-electron chi connectivity index (χ3n) is 0.820. The van der Waals surface area contributed by atoms with Crippen LogP contribution in [0, 0.1) is 0 Å². The van der Waals surface area contributed by atoms with Crippen LogP contribution in [0.25, 0.3) is 0 Å². The van der Waals surface area contributed by atoms with E-state index < -0.39 is 0 Å². The molecule has 9 heavy (non-hydrogen) atoms. The van der Waals surface area contributed by atoms with Crippen molar-refractivity contribution in [2.45, 2.75) is 0 Å². The molecule has 0 fully saturated rings. The minimum absolute atomic E-state index is 0.152. The van der Waals surface area contributed by atoms with Gasteiger partial charge >= 0.3 is 0 Å². The minimum Gasteiger partial charge on any atom is -0.395 e. The van der Waals surface area contributed by atoms with Gasteiger partial charge in [0.2, 0.25) is 0 Å². The second kappa shape index (κ2) is 3.42. The number of aliphatic hydroxyl groups is 1. The molecule has 3 nitrogen and oxygen atoms in total. The van der Waals surface area contributed by atoms with E-state index in [0.29, 0.717) is 6.54 Å². The van der Waals surface area contributed by atoms with Gasteiger partial charge in [0.15, 0.2) is 5.13 Å². The van der Waals surface area contributed by atoms with E-state index in [9.17, 15) is 0 Å². The summed E-state index contributed by atoms with van der Waals surface area (Å²) in [6, 6.07) is 0. The van der Waals surface area contributed by atoms with Gasteiger partial charge in [0.05, 0.1) is 6.61 Å². The molecule has 0 aliphatic carbocycles. The van der Waals surface area contributed by atoms with Gasteiger partial charge in [-0.2, -0.15) is 0 Å². The third kappa shape index (κ3) is 1.99. The smallest absolute Gasteiger partial charge is 0.182 e. The van der Waals surface area contributed by atoms with E-state index in [1.807, 2.05) is 5.38 Å². The number of hydrogen-bond donors (Lipinski definition) is 2. The Labute approximate surface area is 57.4 Å². The van der Waals surface area contributed by atoms with Gasteiger partial charge in [-0.25, -0.2) is 4.98 Å². The Morgan fingerprint density at radius 2 is 2.67 bits per heavy atom. The maximum Gasteiger partial charge on any atom is 0.182 e. The summed E-state index contributed by atoms with van der Waals surface area (Å²) in [6.07, 6.45) is 1.73. The monoisotopic (exact) mass is 144 g/mol. The van der Waals surface area contributed by atoms with Crippen molar-refractivity contribution in [3.05, 3.63) is 11.6 Å². The molecule has 4 heteroatoms. The van der Waals surface area contributed by atoms with Crippen LogP contribution in [-0.2, 0) is 0 Å². The Bertz CT molecular complexity index is 152. The first-order chi connectivity index (χ1) is 4.43. The van der Waals surface area contributed by atoms with Crippen LogP contribution in [0.2, 0.25) is 0 Å². The van der Waals surface area contributed by atoms with E-state index in [1.54, 1.807) is 6.20 Å². The van der Waals surface area contributed by atoms with Crippen molar-refractivity contribution in [1.29, 1.82) is 0 Å². The summed E-state index contributed by atoms with van der Waals surface area (Å²) in [5.41, 5.74) is 0. The fourth-order valence-corrected chi connectivity index (χ4v) is 1.03. The summed E-state index contributed by atoms with van der Waals surface area (Å²) >= 11 is 1.53. The first kappa shape index (κ1) is 6.51. The van der Waals surface area contributed by atoms with Crippen LogP contribution in [-0.4, -0.2) is 23.2 Å². The van der Waals surface area contributed by atoms with Crippen LogP contribution in [0.15, 0.2) is 11.6 Å². The van der Waals surface area contributed by atoms with Gasteiger partial charge in [0.1, 0.15) is 0 Å². The molecule has 0 atom stereocenters. The lowest BCUT2D eigenvalue weighted by atomic mass is 10.7. The number of nitrogens with one attached hydrogen (secondary N) is 1. The molecular weight excluding hydrogens is 136 g/mol. The molecule has 0 spiro atoms. The highest BCUT2D eigenvalue weighted by atomic mass is 32.1. The summed E-state index contributed by atoms with van der Waals surface area (Å²) in [7, 11) is 0. The van der Waals surface area contributed by atoms with Gasteiger partial charge in [0, 0.05) is 18.1 Å². The average molecular weight is 144 g/mol. The molecular formula is C5H8N2OS. The second-order valence-electron chi connectivity index (χ2n) is 1.49. The molecule has 0 aliphatic rings. The van der Waals surface area contributed by atoms with Gasteiger partial charge in [-0.05, 0) is 0 Å². The average Bonchev–Trinajstić information content (AvgIpc) is 2.34. The SMILES string of the molecule is OCCNc1nccs1. The van der Waals surface area contributed by atoms with Gasteiger partial charge in [-0.3, -0.25) is 0 Å².